The molecule has 0 aliphatic heterocycles. The summed E-state index contributed by atoms with van der Waals surface area (Å²) in [5.41, 5.74) is 0. The second-order valence-electron chi connectivity index (χ2n) is 14.9. The van der Waals surface area contributed by atoms with Gasteiger partial charge in [0, 0.05) is 6.04 Å². The molecule has 48 heavy (non-hydrogen) atoms. The van der Waals surface area contributed by atoms with Crippen molar-refractivity contribution in [3.05, 3.63) is 48.6 Å². The van der Waals surface area contributed by atoms with Gasteiger partial charge in [0.1, 0.15) is 6.10 Å². The number of carbonyl (C=O) groups excluding carboxylic acids is 1. The average molecular weight is 668 g/mol. The number of carbonyl (C=O) groups is 1. The maximum absolute atomic E-state index is 13.1. The van der Waals surface area contributed by atoms with E-state index in [0.29, 0.717) is 6.04 Å². The SMILES string of the molecule is CCCCC/C=C\C/C=C\CCCCCCCCC(CCCCCCCC/C=C\C/C=C\CCCCC)OC(=O)C1CCC(N(C)C)C1. The Bertz CT molecular complexity index is 777. The van der Waals surface area contributed by atoms with Crippen molar-refractivity contribution in [3.8, 4) is 0 Å². The fourth-order valence-electron chi connectivity index (χ4n) is 6.88. The molecule has 1 fully saturated rings. The molecule has 0 heterocycles. The van der Waals surface area contributed by atoms with Crippen LogP contribution in [0.3, 0.4) is 0 Å². The van der Waals surface area contributed by atoms with Gasteiger partial charge in [0.25, 0.3) is 0 Å². The Kier molecular flexibility index (Phi) is 31.3. The van der Waals surface area contributed by atoms with Gasteiger partial charge in [-0.05, 0) is 123 Å². The molecule has 0 saturated heterocycles. The summed E-state index contributed by atoms with van der Waals surface area (Å²) in [6, 6.07) is 0.529. The number of nitrogens with zero attached hydrogens (tertiary/aromatic N) is 1. The maximum atomic E-state index is 13.1. The zero-order chi connectivity index (χ0) is 34.8. The summed E-state index contributed by atoms with van der Waals surface area (Å²) in [5.74, 6) is 0.191. The predicted molar refractivity (Wildman–Crippen MR) is 213 cm³/mol. The van der Waals surface area contributed by atoms with Gasteiger partial charge in [-0.3, -0.25) is 4.79 Å². The maximum Gasteiger partial charge on any atom is 0.309 e. The van der Waals surface area contributed by atoms with Crippen LogP contribution < -0.4 is 0 Å². The number of ether oxygens (including phenoxy) is 1. The molecule has 0 N–H and O–H groups in total. The van der Waals surface area contributed by atoms with Crippen molar-refractivity contribution in [2.45, 2.75) is 212 Å². The summed E-state index contributed by atoms with van der Waals surface area (Å²) in [4.78, 5) is 15.4. The summed E-state index contributed by atoms with van der Waals surface area (Å²) in [6.45, 7) is 4.53. The molecule has 2 atom stereocenters. The van der Waals surface area contributed by atoms with Crippen molar-refractivity contribution in [3.63, 3.8) is 0 Å². The van der Waals surface area contributed by atoms with Gasteiger partial charge in [0.05, 0.1) is 5.92 Å². The van der Waals surface area contributed by atoms with Gasteiger partial charge < -0.3 is 9.64 Å². The normalized spacial score (nSPS) is 17.1. The molecule has 0 aromatic rings. The van der Waals surface area contributed by atoms with Crippen LogP contribution in [0.1, 0.15) is 200 Å². The molecule has 0 aromatic heterocycles. The summed E-state index contributed by atoms with van der Waals surface area (Å²) in [5, 5.41) is 0. The molecule has 3 nitrogen and oxygen atoms in total. The third kappa shape index (κ3) is 27.2. The molecule has 0 aromatic carbocycles. The van der Waals surface area contributed by atoms with Crippen molar-refractivity contribution < 1.29 is 9.53 Å². The van der Waals surface area contributed by atoms with Crippen molar-refractivity contribution in [1.82, 2.24) is 4.90 Å². The van der Waals surface area contributed by atoms with E-state index in [-0.39, 0.29) is 18.0 Å². The smallest absolute Gasteiger partial charge is 0.309 e. The van der Waals surface area contributed by atoms with Gasteiger partial charge in [0.15, 0.2) is 0 Å². The molecule has 1 saturated carbocycles. The van der Waals surface area contributed by atoms with Crippen LogP contribution >= 0.6 is 0 Å². The first-order valence-corrected chi connectivity index (χ1v) is 21.0. The van der Waals surface area contributed by atoms with Crippen LogP contribution in [0.5, 0.6) is 0 Å². The van der Waals surface area contributed by atoms with Gasteiger partial charge in [-0.2, -0.15) is 0 Å². The van der Waals surface area contributed by atoms with Gasteiger partial charge in [-0.15, -0.1) is 0 Å². The lowest BCUT2D eigenvalue weighted by atomic mass is 10.0. The van der Waals surface area contributed by atoms with Crippen LogP contribution in [0.2, 0.25) is 0 Å². The fraction of sp³-hybridized carbons (Fsp3) is 0.800. The summed E-state index contributed by atoms with van der Waals surface area (Å²) >= 11 is 0. The van der Waals surface area contributed by atoms with Gasteiger partial charge >= 0.3 is 5.97 Å². The third-order valence-corrected chi connectivity index (χ3v) is 10.2. The van der Waals surface area contributed by atoms with Crippen LogP contribution in [-0.4, -0.2) is 37.1 Å². The number of hydrogen-bond acceptors (Lipinski definition) is 3. The quantitative estimate of drug-likeness (QED) is 0.0396. The van der Waals surface area contributed by atoms with Crippen molar-refractivity contribution in [2.75, 3.05) is 14.1 Å². The predicted octanol–water partition coefficient (Wildman–Crippen LogP) is 14.0. The lowest BCUT2D eigenvalue weighted by Gasteiger charge is -2.21. The van der Waals surface area contributed by atoms with Crippen molar-refractivity contribution in [1.29, 1.82) is 0 Å². The van der Waals surface area contributed by atoms with E-state index in [1.54, 1.807) is 0 Å². The van der Waals surface area contributed by atoms with Crippen LogP contribution in [0.4, 0.5) is 0 Å². The molecule has 0 bridgehead atoms. The van der Waals surface area contributed by atoms with E-state index in [9.17, 15) is 4.79 Å². The minimum Gasteiger partial charge on any atom is -0.462 e. The highest BCUT2D eigenvalue weighted by molar-refractivity contribution is 5.73. The second-order valence-corrected chi connectivity index (χ2v) is 14.9. The number of unbranched alkanes of at least 4 members (excludes halogenated alkanes) is 18. The lowest BCUT2D eigenvalue weighted by molar-refractivity contribution is -0.154. The average Bonchev–Trinajstić information content (AvgIpc) is 3.59. The van der Waals surface area contributed by atoms with E-state index in [4.69, 9.17) is 4.74 Å². The van der Waals surface area contributed by atoms with Crippen molar-refractivity contribution >= 4 is 5.97 Å². The van der Waals surface area contributed by atoms with Gasteiger partial charge in [0.2, 0.25) is 0 Å². The Morgan fingerprint density at radius 2 is 0.958 bits per heavy atom. The first-order valence-electron chi connectivity index (χ1n) is 21.0. The zero-order valence-electron chi connectivity index (χ0n) is 32.6. The van der Waals surface area contributed by atoms with E-state index >= 15 is 0 Å². The second kappa shape index (κ2) is 33.9. The minimum absolute atomic E-state index is 0.0874. The van der Waals surface area contributed by atoms with Crippen LogP contribution in [-0.2, 0) is 9.53 Å². The summed E-state index contributed by atoms with van der Waals surface area (Å²) < 4.78 is 6.23. The topological polar surface area (TPSA) is 29.5 Å². The summed E-state index contributed by atoms with van der Waals surface area (Å²) in [6.07, 6.45) is 54.5. The van der Waals surface area contributed by atoms with Crippen LogP contribution in [0.25, 0.3) is 0 Å². The molecule has 2 unspecified atom stereocenters. The largest absolute Gasteiger partial charge is 0.462 e. The van der Waals surface area contributed by atoms with E-state index in [1.807, 2.05) is 0 Å². The monoisotopic (exact) mass is 668 g/mol. The van der Waals surface area contributed by atoms with E-state index in [0.717, 1.165) is 44.9 Å². The Balaban J connectivity index is 2.20. The Morgan fingerprint density at radius 3 is 1.35 bits per heavy atom. The molecule has 1 aliphatic rings. The molecule has 0 spiro atoms. The number of esters is 1. The Hall–Kier alpha value is -1.61. The van der Waals surface area contributed by atoms with E-state index in [1.165, 1.54) is 141 Å². The van der Waals surface area contributed by atoms with Crippen LogP contribution in [0.15, 0.2) is 48.6 Å². The molecule has 0 radical (unpaired) electrons. The van der Waals surface area contributed by atoms with Crippen molar-refractivity contribution in [2.24, 2.45) is 5.92 Å². The molecule has 3 heteroatoms. The first-order chi connectivity index (χ1) is 23.6. The summed E-state index contributed by atoms with van der Waals surface area (Å²) in [7, 11) is 4.27. The fourth-order valence-corrected chi connectivity index (χ4v) is 6.88. The van der Waals surface area contributed by atoms with Gasteiger partial charge in [-0.1, -0.05) is 140 Å². The van der Waals surface area contributed by atoms with Gasteiger partial charge in [-0.25, -0.2) is 0 Å². The third-order valence-electron chi connectivity index (χ3n) is 10.2. The highest BCUT2D eigenvalue weighted by Crippen LogP contribution is 2.30. The number of allylic oxidation sites excluding steroid dienone is 8. The highest BCUT2D eigenvalue weighted by Gasteiger charge is 2.33. The molecule has 1 rings (SSSR count). The van der Waals surface area contributed by atoms with E-state index in [2.05, 4.69) is 81.5 Å². The standard InChI is InChI=1S/C45H81NO2/c1-5-7-9-11-13-15-17-19-21-23-25-27-29-31-33-35-37-44(48-45(47)42-39-40-43(41-42)46(3)4)38-36-34-32-30-28-26-24-22-20-18-16-14-12-10-8-6-2/h13-16,19-22,42-44H,5-12,17-18,23-41H2,1-4H3/b15-13-,16-14-,21-19-,22-20-. The molecule has 0 amide bonds. The minimum atomic E-state index is 0.0874. The van der Waals surface area contributed by atoms with E-state index < -0.39 is 0 Å². The Morgan fingerprint density at radius 1 is 0.562 bits per heavy atom. The number of hydrogen-bond donors (Lipinski definition) is 0. The molecular weight excluding hydrogens is 587 g/mol. The Labute approximate surface area is 300 Å². The molecular formula is C45H81NO2. The molecule has 278 valence electrons. The highest BCUT2D eigenvalue weighted by atomic mass is 16.5. The lowest BCUT2D eigenvalue weighted by Crippen LogP contribution is -2.27. The number of rotatable bonds is 33. The molecule has 1 aliphatic carbocycles. The first kappa shape index (κ1) is 44.4. The van der Waals surface area contributed by atoms with Crippen LogP contribution in [0, 0.1) is 5.92 Å². The zero-order valence-corrected chi connectivity index (χ0v) is 32.6.